The third kappa shape index (κ3) is 3.97. The fourth-order valence-electron chi connectivity index (χ4n) is 3.72. The van der Waals surface area contributed by atoms with Crippen LogP contribution in [0, 0.1) is 0 Å². The molecule has 156 valence electrons. The SMILES string of the molecule is FC(F)(F)c1ccc(-c2ccc3ccc(-c4ccc(-c5ccncc5)nc4)cc3c2)cc1. The molecule has 0 atom stereocenters. The molecule has 2 heterocycles. The molecule has 0 saturated carbocycles. The van der Waals surface area contributed by atoms with Gasteiger partial charge in [0.2, 0.25) is 0 Å². The van der Waals surface area contributed by atoms with E-state index < -0.39 is 11.7 Å². The predicted molar refractivity (Wildman–Crippen MR) is 121 cm³/mol. The quantitative estimate of drug-likeness (QED) is 0.296. The summed E-state index contributed by atoms with van der Waals surface area (Å²) in [5, 5.41) is 2.07. The lowest BCUT2D eigenvalue weighted by Crippen LogP contribution is -2.03. The molecule has 0 fully saturated rings. The first-order chi connectivity index (χ1) is 15.5. The molecular weight excluding hydrogens is 409 g/mol. The maximum absolute atomic E-state index is 12.8. The van der Waals surface area contributed by atoms with Gasteiger partial charge >= 0.3 is 6.18 Å². The fourth-order valence-corrected chi connectivity index (χ4v) is 3.72. The van der Waals surface area contributed by atoms with Crippen molar-refractivity contribution in [3.8, 4) is 33.5 Å². The highest BCUT2D eigenvalue weighted by atomic mass is 19.4. The van der Waals surface area contributed by atoms with Crippen molar-refractivity contribution in [1.29, 1.82) is 0 Å². The summed E-state index contributed by atoms with van der Waals surface area (Å²) < 4.78 is 38.5. The van der Waals surface area contributed by atoms with Crippen LogP contribution in [0.4, 0.5) is 13.2 Å². The summed E-state index contributed by atoms with van der Waals surface area (Å²) in [5.74, 6) is 0. The van der Waals surface area contributed by atoms with Crippen LogP contribution >= 0.6 is 0 Å². The Morgan fingerprint density at radius 2 is 1.12 bits per heavy atom. The van der Waals surface area contributed by atoms with E-state index in [-0.39, 0.29) is 0 Å². The van der Waals surface area contributed by atoms with Gasteiger partial charge in [0.1, 0.15) is 0 Å². The van der Waals surface area contributed by atoms with Crippen LogP contribution in [0.1, 0.15) is 5.56 Å². The van der Waals surface area contributed by atoms with Crippen molar-refractivity contribution < 1.29 is 13.2 Å². The standard InChI is InChI=1S/C27H17F3N2/c28-27(29,30)25-8-5-18(6-9-25)21-3-1-19-2-4-22(16-24(19)15-21)23-7-10-26(32-17-23)20-11-13-31-14-12-20/h1-17H. The summed E-state index contributed by atoms with van der Waals surface area (Å²) in [6.07, 6.45) is 0.986. The highest BCUT2D eigenvalue weighted by Gasteiger charge is 2.29. The van der Waals surface area contributed by atoms with E-state index in [1.807, 2.05) is 60.8 Å². The largest absolute Gasteiger partial charge is 0.416 e. The van der Waals surface area contributed by atoms with E-state index in [0.717, 1.165) is 56.4 Å². The predicted octanol–water partition coefficient (Wildman–Crippen LogP) is 7.65. The molecule has 0 radical (unpaired) electrons. The van der Waals surface area contributed by atoms with E-state index in [1.165, 1.54) is 12.1 Å². The molecule has 5 heteroatoms. The minimum absolute atomic E-state index is 0.646. The van der Waals surface area contributed by atoms with Crippen molar-refractivity contribution in [2.75, 3.05) is 0 Å². The summed E-state index contributed by atoms with van der Waals surface area (Å²) in [7, 11) is 0. The van der Waals surface area contributed by atoms with Crippen LogP contribution in [0.3, 0.4) is 0 Å². The van der Waals surface area contributed by atoms with Crippen LogP contribution in [0.25, 0.3) is 44.3 Å². The zero-order valence-electron chi connectivity index (χ0n) is 16.8. The zero-order chi connectivity index (χ0) is 22.1. The number of nitrogens with zero attached hydrogens (tertiary/aromatic N) is 2. The number of benzene rings is 3. The lowest BCUT2D eigenvalue weighted by Gasteiger charge is -2.09. The Hall–Kier alpha value is -3.99. The average molecular weight is 426 g/mol. The lowest BCUT2D eigenvalue weighted by molar-refractivity contribution is -0.137. The van der Waals surface area contributed by atoms with Crippen molar-refractivity contribution >= 4 is 10.8 Å². The Balaban J connectivity index is 1.47. The monoisotopic (exact) mass is 426 g/mol. The number of hydrogen-bond donors (Lipinski definition) is 0. The normalized spacial score (nSPS) is 11.6. The molecule has 5 aromatic rings. The maximum atomic E-state index is 12.8. The Kier molecular flexibility index (Phi) is 4.94. The smallest absolute Gasteiger partial charge is 0.265 e. The third-order valence-corrected chi connectivity index (χ3v) is 5.46. The molecule has 0 aliphatic carbocycles. The Bertz CT molecular complexity index is 1380. The summed E-state index contributed by atoms with van der Waals surface area (Å²) in [4.78, 5) is 8.61. The molecule has 2 nitrogen and oxygen atoms in total. The molecule has 0 amide bonds. The first-order valence-electron chi connectivity index (χ1n) is 10.1. The number of pyridine rings is 2. The van der Waals surface area contributed by atoms with Gasteiger partial charge in [0.15, 0.2) is 0 Å². The molecule has 0 saturated heterocycles. The van der Waals surface area contributed by atoms with Crippen molar-refractivity contribution in [2.24, 2.45) is 0 Å². The first-order valence-corrected chi connectivity index (χ1v) is 10.1. The zero-order valence-corrected chi connectivity index (χ0v) is 16.8. The van der Waals surface area contributed by atoms with Gasteiger partial charge in [-0.05, 0) is 69.9 Å². The molecule has 0 unspecified atom stereocenters. The van der Waals surface area contributed by atoms with E-state index in [0.29, 0.717) is 0 Å². The van der Waals surface area contributed by atoms with E-state index >= 15 is 0 Å². The van der Waals surface area contributed by atoms with Crippen LogP contribution in [-0.2, 0) is 6.18 Å². The van der Waals surface area contributed by atoms with Crippen molar-refractivity contribution in [3.05, 3.63) is 109 Å². The van der Waals surface area contributed by atoms with Gasteiger partial charge < -0.3 is 0 Å². The number of aromatic nitrogens is 2. The summed E-state index contributed by atoms with van der Waals surface area (Å²) in [6.45, 7) is 0. The van der Waals surface area contributed by atoms with Gasteiger partial charge in [-0.3, -0.25) is 9.97 Å². The van der Waals surface area contributed by atoms with E-state index in [2.05, 4.69) is 16.0 Å². The molecule has 0 aliphatic heterocycles. The van der Waals surface area contributed by atoms with Gasteiger partial charge in [-0.25, -0.2) is 0 Å². The second-order valence-electron chi connectivity index (χ2n) is 7.52. The van der Waals surface area contributed by atoms with Crippen LogP contribution in [0.5, 0.6) is 0 Å². The Labute approximate surface area is 183 Å². The van der Waals surface area contributed by atoms with Crippen LogP contribution in [0.15, 0.2) is 104 Å². The molecular formula is C27H17F3N2. The molecule has 32 heavy (non-hydrogen) atoms. The lowest BCUT2D eigenvalue weighted by atomic mass is 9.97. The van der Waals surface area contributed by atoms with Gasteiger partial charge in [-0.2, -0.15) is 13.2 Å². The van der Waals surface area contributed by atoms with Crippen LogP contribution in [-0.4, -0.2) is 9.97 Å². The minimum atomic E-state index is -4.34. The van der Waals surface area contributed by atoms with Gasteiger partial charge in [0.05, 0.1) is 11.3 Å². The van der Waals surface area contributed by atoms with Gasteiger partial charge in [-0.1, -0.05) is 42.5 Å². The second kappa shape index (κ2) is 7.93. The van der Waals surface area contributed by atoms with Crippen LogP contribution < -0.4 is 0 Å². The third-order valence-electron chi connectivity index (χ3n) is 5.46. The van der Waals surface area contributed by atoms with Gasteiger partial charge in [0, 0.05) is 29.7 Å². The molecule has 0 bridgehead atoms. The molecule has 5 rings (SSSR count). The average Bonchev–Trinajstić information content (AvgIpc) is 2.83. The Morgan fingerprint density at radius 1 is 0.531 bits per heavy atom. The highest BCUT2D eigenvalue weighted by Crippen LogP contribution is 2.33. The summed E-state index contributed by atoms with van der Waals surface area (Å²) >= 11 is 0. The molecule has 2 aromatic heterocycles. The van der Waals surface area contributed by atoms with E-state index in [4.69, 9.17) is 0 Å². The number of alkyl halides is 3. The van der Waals surface area contributed by atoms with Crippen molar-refractivity contribution in [2.45, 2.75) is 6.18 Å². The van der Waals surface area contributed by atoms with Gasteiger partial charge in [-0.15, -0.1) is 0 Å². The van der Waals surface area contributed by atoms with Crippen LogP contribution in [0.2, 0.25) is 0 Å². The van der Waals surface area contributed by atoms with Crippen molar-refractivity contribution in [3.63, 3.8) is 0 Å². The second-order valence-corrected chi connectivity index (χ2v) is 7.52. The van der Waals surface area contributed by atoms with Crippen molar-refractivity contribution in [1.82, 2.24) is 9.97 Å². The molecule has 0 N–H and O–H groups in total. The maximum Gasteiger partial charge on any atom is 0.416 e. The number of halogens is 3. The molecule has 0 spiro atoms. The number of fused-ring (bicyclic) bond motifs is 1. The topological polar surface area (TPSA) is 25.8 Å². The summed E-state index contributed by atoms with van der Waals surface area (Å²) in [6, 6.07) is 25.2. The number of rotatable bonds is 3. The first kappa shape index (κ1) is 19.9. The molecule has 3 aromatic carbocycles. The van der Waals surface area contributed by atoms with E-state index in [9.17, 15) is 13.2 Å². The highest BCUT2D eigenvalue weighted by molar-refractivity contribution is 5.91. The minimum Gasteiger partial charge on any atom is -0.265 e. The Morgan fingerprint density at radius 3 is 1.72 bits per heavy atom. The summed E-state index contributed by atoms with van der Waals surface area (Å²) in [5.41, 5.74) is 4.86. The number of hydrogen-bond acceptors (Lipinski definition) is 2. The van der Waals surface area contributed by atoms with E-state index in [1.54, 1.807) is 12.4 Å². The fraction of sp³-hybridized carbons (Fsp3) is 0.0370. The molecule has 0 aliphatic rings. The van der Waals surface area contributed by atoms with Gasteiger partial charge in [0.25, 0.3) is 0 Å².